The highest BCUT2D eigenvalue weighted by Gasteiger charge is 2.19. The third-order valence-corrected chi connectivity index (χ3v) is 2.81. The molecule has 1 aromatic carbocycles. The van der Waals surface area contributed by atoms with Crippen LogP contribution in [0.25, 0.3) is 0 Å². The summed E-state index contributed by atoms with van der Waals surface area (Å²) < 4.78 is 19.0. The summed E-state index contributed by atoms with van der Waals surface area (Å²) in [5.41, 5.74) is 1.08. The molecule has 0 fully saturated rings. The Balaban J connectivity index is 3.10. The molecule has 0 heterocycles. The highest BCUT2D eigenvalue weighted by molar-refractivity contribution is 5.55. The molecule has 3 nitrogen and oxygen atoms in total. The van der Waals surface area contributed by atoms with E-state index in [1.807, 2.05) is 18.7 Å². The Labute approximate surface area is 102 Å². The summed E-state index contributed by atoms with van der Waals surface area (Å²) in [4.78, 5) is 1.91. The second-order valence-corrected chi connectivity index (χ2v) is 4.00. The van der Waals surface area contributed by atoms with Gasteiger partial charge >= 0.3 is 0 Å². The van der Waals surface area contributed by atoms with Crippen molar-refractivity contribution in [3.05, 3.63) is 29.6 Å². The van der Waals surface area contributed by atoms with Gasteiger partial charge in [0.25, 0.3) is 0 Å². The highest BCUT2D eigenvalue weighted by atomic mass is 19.1. The minimum atomic E-state index is -0.304. The van der Waals surface area contributed by atoms with Crippen LogP contribution in [0.5, 0.6) is 0 Å². The zero-order valence-corrected chi connectivity index (χ0v) is 10.6. The maximum atomic E-state index is 13.9. The summed E-state index contributed by atoms with van der Waals surface area (Å²) in [5, 5.41) is 9.27. The molecule has 0 aliphatic carbocycles. The summed E-state index contributed by atoms with van der Waals surface area (Å²) in [6.07, 6.45) is 0. The third kappa shape index (κ3) is 3.17. The van der Waals surface area contributed by atoms with Crippen LogP contribution in [0.3, 0.4) is 0 Å². The maximum Gasteiger partial charge on any atom is 0.146 e. The SMILES string of the molecule is CCN(c1c(F)cccc1CO)C(C)COC. The van der Waals surface area contributed by atoms with Crippen molar-refractivity contribution in [2.45, 2.75) is 26.5 Å². The number of aliphatic hydroxyl groups excluding tert-OH is 1. The van der Waals surface area contributed by atoms with Crippen LogP contribution in [0.1, 0.15) is 19.4 Å². The van der Waals surface area contributed by atoms with Crippen molar-refractivity contribution >= 4 is 5.69 Å². The molecule has 0 aliphatic rings. The molecule has 4 heteroatoms. The van der Waals surface area contributed by atoms with E-state index < -0.39 is 0 Å². The van der Waals surface area contributed by atoms with Crippen LogP contribution in [0, 0.1) is 5.82 Å². The Morgan fingerprint density at radius 3 is 2.71 bits per heavy atom. The molecule has 0 saturated heterocycles. The van der Waals surface area contributed by atoms with Crippen molar-refractivity contribution in [2.75, 3.05) is 25.2 Å². The first-order valence-electron chi connectivity index (χ1n) is 5.79. The fourth-order valence-electron chi connectivity index (χ4n) is 2.03. The standard InChI is InChI=1S/C13H20FNO2/c1-4-15(10(2)9-17-3)13-11(8-16)6-5-7-12(13)14/h5-7,10,16H,4,8-9H2,1-3H3. The molecular formula is C13H20FNO2. The lowest BCUT2D eigenvalue weighted by molar-refractivity contribution is 0.181. The van der Waals surface area contributed by atoms with Crippen LogP contribution in [0.4, 0.5) is 10.1 Å². The van der Waals surface area contributed by atoms with Crippen molar-refractivity contribution in [2.24, 2.45) is 0 Å². The van der Waals surface area contributed by atoms with Crippen molar-refractivity contribution in [3.8, 4) is 0 Å². The molecule has 1 aromatic rings. The Morgan fingerprint density at radius 2 is 2.18 bits per heavy atom. The normalized spacial score (nSPS) is 12.5. The fraction of sp³-hybridized carbons (Fsp3) is 0.538. The number of hydrogen-bond donors (Lipinski definition) is 1. The Bertz CT molecular complexity index is 357. The van der Waals surface area contributed by atoms with Crippen LogP contribution in [0.15, 0.2) is 18.2 Å². The molecule has 1 N–H and O–H groups in total. The van der Waals surface area contributed by atoms with Crippen LogP contribution < -0.4 is 4.90 Å². The predicted octanol–water partition coefficient (Wildman–Crippen LogP) is 2.18. The van der Waals surface area contributed by atoms with Gasteiger partial charge in [-0.15, -0.1) is 0 Å². The van der Waals surface area contributed by atoms with Gasteiger partial charge in [0.2, 0.25) is 0 Å². The molecule has 0 bridgehead atoms. The Hall–Kier alpha value is -1.13. The van der Waals surface area contributed by atoms with Gasteiger partial charge in [0.15, 0.2) is 0 Å². The van der Waals surface area contributed by atoms with E-state index in [9.17, 15) is 9.50 Å². The number of aliphatic hydroxyl groups is 1. The summed E-state index contributed by atoms with van der Waals surface area (Å²) in [6.45, 7) is 4.95. The molecule has 1 rings (SSSR count). The summed E-state index contributed by atoms with van der Waals surface area (Å²) >= 11 is 0. The average molecular weight is 241 g/mol. The molecule has 0 spiro atoms. The van der Waals surface area contributed by atoms with E-state index in [1.165, 1.54) is 6.07 Å². The van der Waals surface area contributed by atoms with E-state index >= 15 is 0 Å². The number of hydrogen-bond acceptors (Lipinski definition) is 3. The molecule has 1 unspecified atom stereocenters. The van der Waals surface area contributed by atoms with Crippen LogP contribution >= 0.6 is 0 Å². The first kappa shape index (κ1) is 13.9. The van der Waals surface area contributed by atoms with Gasteiger partial charge in [-0.1, -0.05) is 12.1 Å². The van der Waals surface area contributed by atoms with Crippen molar-refractivity contribution in [3.63, 3.8) is 0 Å². The summed E-state index contributed by atoms with van der Waals surface area (Å²) in [6, 6.07) is 4.82. The number of benzene rings is 1. The van der Waals surface area contributed by atoms with Gasteiger partial charge in [0.1, 0.15) is 5.82 Å². The topological polar surface area (TPSA) is 32.7 Å². The van der Waals surface area contributed by atoms with Gasteiger partial charge in [0, 0.05) is 25.3 Å². The van der Waals surface area contributed by atoms with Gasteiger partial charge in [-0.2, -0.15) is 0 Å². The smallest absolute Gasteiger partial charge is 0.146 e. The van der Waals surface area contributed by atoms with Crippen molar-refractivity contribution in [1.82, 2.24) is 0 Å². The van der Waals surface area contributed by atoms with E-state index in [0.29, 0.717) is 24.4 Å². The monoisotopic (exact) mass is 241 g/mol. The molecule has 17 heavy (non-hydrogen) atoms. The lowest BCUT2D eigenvalue weighted by Crippen LogP contribution is -2.37. The van der Waals surface area contributed by atoms with Crippen molar-refractivity contribution in [1.29, 1.82) is 0 Å². The van der Waals surface area contributed by atoms with Crippen molar-refractivity contribution < 1.29 is 14.2 Å². The number of likely N-dealkylation sites (N-methyl/N-ethyl adjacent to an activating group) is 1. The number of nitrogens with zero attached hydrogens (tertiary/aromatic N) is 1. The predicted molar refractivity (Wildman–Crippen MR) is 66.7 cm³/mol. The highest BCUT2D eigenvalue weighted by Crippen LogP contribution is 2.26. The molecule has 0 saturated carbocycles. The Morgan fingerprint density at radius 1 is 1.47 bits per heavy atom. The quantitative estimate of drug-likeness (QED) is 0.828. The number of methoxy groups -OCH3 is 1. The first-order chi connectivity index (χ1) is 8.15. The van der Waals surface area contributed by atoms with Crippen LogP contribution in [0.2, 0.25) is 0 Å². The molecule has 0 amide bonds. The fourth-order valence-corrected chi connectivity index (χ4v) is 2.03. The van der Waals surface area contributed by atoms with Gasteiger partial charge < -0.3 is 14.7 Å². The van der Waals surface area contributed by atoms with E-state index in [0.717, 1.165) is 0 Å². The minimum Gasteiger partial charge on any atom is -0.392 e. The largest absolute Gasteiger partial charge is 0.392 e. The van der Waals surface area contributed by atoms with E-state index in [4.69, 9.17) is 4.74 Å². The number of ether oxygens (including phenoxy) is 1. The molecule has 0 aromatic heterocycles. The average Bonchev–Trinajstić information content (AvgIpc) is 2.32. The zero-order chi connectivity index (χ0) is 12.8. The third-order valence-electron chi connectivity index (χ3n) is 2.81. The van der Waals surface area contributed by atoms with Gasteiger partial charge in [-0.3, -0.25) is 0 Å². The van der Waals surface area contributed by atoms with Gasteiger partial charge in [0.05, 0.1) is 18.9 Å². The molecular weight excluding hydrogens is 221 g/mol. The minimum absolute atomic E-state index is 0.0622. The lowest BCUT2D eigenvalue weighted by atomic mass is 10.1. The number of para-hydroxylation sites is 1. The molecule has 0 aliphatic heterocycles. The Kier molecular flexibility index (Phi) is 5.38. The first-order valence-corrected chi connectivity index (χ1v) is 5.79. The molecule has 96 valence electrons. The number of anilines is 1. The second-order valence-electron chi connectivity index (χ2n) is 4.00. The summed E-state index contributed by atoms with van der Waals surface area (Å²) in [5.74, 6) is -0.304. The molecule has 1 atom stereocenters. The zero-order valence-electron chi connectivity index (χ0n) is 10.6. The second kappa shape index (κ2) is 6.57. The van der Waals surface area contributed by atoms with Gasteiger partial charge in [-0.25, -0.2) is 4.39 Å². The lowest BCUT2D eigenvalue weighted by Gasteiger charge is -2.31. The van der Waals surface area contributed by atoms with Crippen LogP contribution in [-0.4, -0.2) is 31.4 Å². The van der Waals surface area contributed by atoms with Gasteiger partial charge in [-0.05, 0) is 19.9 Å². The molecule has 0 radical (unpaired) electrons. The summed E-state index contributed by atoms with van der Waals surface area (Å²) in [7, 11) is 1.62. The number of halogens is 1. The number of rotatable bonds is 6. The van der Waals surface area contributed by atoms with E-state index in [2.05, 4.69) is 0 Å². The van der Waals surface area contributed by atoms with E-state index in [-0.39, 0.29) is 18.5 Å². The van der Waals surface area contributed by atoms with E-state index in [1.54, 1.807) is 19.2 Å². The maximum absolute atomic E-state index is 13.9. The van der Waals surface area contributed by atoms with Crippen LogP contribution in [-0.2, 0) is 11.3 Å².